The van der Waals surface area contributed by atoms with Gasteiger partial charge in [-0.2, -0.15) is 4.31 Å². The minimum absolute atomic E-state index is 0.0781. The molecule has 0 N–H and O–H groups in total. The van der Waals surface area contributed by atoms with Gasteiger partial charge in [0.15, 0.2) is 0 Å². The number of sulfonamides is 1. The van der Waals surface area contributed by atoms with Crippen molar-refractivity contribution in [1.29, 1.82) is 0 Å². The second kappa shape index (κ2) is 4.78. The van der Waals surface area contributed by atoms with Crippen molar-refractivity contribution >= 4 is 33.0 Å². The highest BCUT2D eigenvalue weighted by Crippen LogP contribution is 2.35. The van der Waals surface area contributed by atoms with Gasteiger partial charge in [0.1, 0.15) is 4.21 Å². The quantitative estimate of drug-likeness (QED) is 0.804. The van der Waals surface area contributed by atoms with E-state index in [4.69, 9.17) is 11.6 Å². The summed E-state index contributed by atoms with van der Waals surface area (Å²) in [6.07, 6.45) is 0.916. The molecule has 1 aromatic rings. The van der Waals surface area contributed by atoms with Crippen LogP contribution in [0.4, 0.5) is 0 Å². The molecule has 1 fully saturated rings. The fourth-order valence-corrected chi connectivity index (χ4v) is 5.74. The maximum atomic E-state index is 12.5. The van der Waals surface area contributed by atoms with Gasteiger partial charge in [-0.05, 0) is 30.4 Å². The molecule has 2 rings (SSSR count). The van der Waals surface area contributed by atoms with Crippen molar-refractivity contribution in [2.75, 3.05) is 13.1 Å². The third kappa shape index (κ3) is 2.59. The molecule has 1 aliphatic heterocycles. The Morgan fingerprint density at radius 3 is 2.61 bits per heavy atom. The molecule has 0 saturated carbocycles. The molecule has 3 nitrogen and oxygen atoms in total. The second-order valence-corrected chi connectivity index (χ2v) is 9.13. The molecule has 0 unspecified atom stereocenters. The first kappa shape index (κ1) is 14.3. The van der Waals surface area contributed by atoms with E-state index in [0.29, 0.717) is 23.2 Å². The summed E-state index contributed by atoms with van der Waals surface area (Å²) >= 11 is 7.09. The van der Waals surface area contributed by atoms with E-state index in [1.54, 1.807) is 10.4 Å². The zero-order valence-electron chi connectivity index (χ0n) is 10.9. The van der Waals surface area contributed by atoms with Crippen molar-refractivity contribution < 1.29 is 8.42 Å². The molecule has 0 bridgehead atoms. The summed E-state index contributed by atoms with van der Waals surface area (Å²) in [6.45, 7) is 7.32. The lowest BCUT2D eigenvalue weighted by molar-refractivity contribution is 0.376. The molecule has 0 aromatic carbocycles. The Morgan fingerprint density at radius 2 is 2.17 bits per heavy atom. The summed E-state index contributed by atoms with van der Waals surface area (Å²) in [4.78, 5) is 0.939. The van der Waals surface area contributed by atoms with Gasteiger partial charge in [-0.1, -0.05) is 13.8 Å². The summed E-state index contributed by atoms with van der Waals surface area (Å²) in [6, 6.07) is 1.74. The van der Waals surface area contributed by atoms with E-state index in [9.17, 15) is 8.42 Å². The van der Waals surface area contributed by atoms with Gasteiger partial charge >= 0.3 is 0 Å². The number of hydrogen-bond donors (Lipinski definition) is 0. The van der Waals surface area contributed by atoms with Gasteiger partial charge in [0, 0.05) is 18.0 Å². The van der Waals surface area contributed by atoms with E-state index >= 15 is 0 Å². The summed E-state index contributed by atoms with van der Waals surface area (Å²) in [5.74, 6) is 0.373. The maximum Gasteiger partial charge on any atom is 0.252 e. The van der Waals surface area contributed by atoms with Crippen LogP contribution in [0.5, 0.6) is 0 Å². The average Bonchev–Trinajstić information content (AvgIpc) is 2.82. The normalized spacial score (nSPS) is 20.4. The van der Waals surface area contributed by atoms with E-state index in [0.717, 1.165) is 16.9 Å². The highest BCUT2D eigenvalue weighted by Gasteiger charge is 2.37. The maximum absolute atomic E-state index is 12.5. The van der Waals surface area contributed by atoms with Crippen LogP contribution in [0, 0.1) is 12.3 Å². The number of aryl methyl sites for hydroxylation is 1. The van der Waals surface area contributed by atoms with E-state index < -0.39 is 10.0 Å². The lowest BCUT2D eigenvalue weighted by Crippen LogP contribution is -2.29. The van der Waals surface area contributed by atoms with E-state index in [1.807, 2.05) is 6.92 Å². The van der Waals surface area contributed by atoms with Gasteiger partial charge < -0.3 is 0 Å². The van der Waals surface area contributed by atoms with Crippen LogP contribution in [-0.2, 0) is 15.9 Å². The summed E-state index contributed by atoms with van der Waals surface area (Å²) in [5.41, 5.74) is 1.04. The van der Waals surface area contributed by atoms with Crippen LogP contribution >= 0.6 is 22.9 Å². The Hall–Kier alpha value is -0.100. The molecular formula is C12H18ClNO2S2. The Kier molecular flexibility index (Phi) is 3.80. The number of rotatable bonds is 3. The SMILES string of the molecule is Cc1cc(S(=O)(=O)N2CCC(C)(C)C2)sc1CCl. The smallest absolute Gasteiger partial charge is 0.206 e. The predicted octanol–water partition coefficient (Wildman–Crippen LogP) is 3.22. The van der Waals surface area contributed by atoms with Crippen molar-refractivity contribution in [2.24, 2.45) is 5.41 Å². The van der Waals surface area contributed by atoms with Gasteiger partial charge in [0.05, 0.1) is 5.88 Å². The molecule has 0 amide bonds. The van der Waals surface area contributed by atoms with Crippen LogP contribution in [0.25, 0.3) is 0 Å². The first-order valence-corrected chi connectivity index (χ1v) is 8.71. The molecule has 18 heavy (non-hydrogen) atoms. The van der Waals surface area contributed by atoms with Gasteiger partial charge in [-0.15, -0.1) is 22.9 Å². The number of alkyl halides is 1. The fourth-order valence-electron chi connectivity index (χ4n) is 2.14. The van der Waals surface area contributed by atoms with Crippen LogP contribution in [0.2, 0.25) is 0 Å². The van der Waals surface area contributed by atoms with Crippen LogP contribution in [0.15, 0.2) is 10.3 Å². The van der Waals surface area contributed by atoms with E-state index in [1.165, 1.54) is 11.3 Å². The first-order chi connectivity index (χ1) is 8.26. The molecule has 102 valence electrons. The van der Waals surface area contributed by atoms with E-state index in [-0.39, 0.29) is 5.41 Å². The number of halogens is 1. The summed E-state index contributed by atoms with van der Waals surface area (Å²) < 4.78 is 27.0. The van der Waals surface area contributed by atoms with Crippen molar-refractivity contribution in [3.8, 4) is 0 Å². The summed E-state index contributed by atoms with van der Waals surface area (Å²) in [7, 11) is -3.33. The molecule has 0 spiro atoms. The molecule has 1 saturated heterocycles. The zero-order valence-corrected chi connectivity index (χ0v) is 13.3. The molecular weight excluding hydrogens is 290 g/mol. The Bertz CT molecular complexity index is 548. The zero-order chi connectivity index (χ0) is 13.6. The molecule has 1 aromatic heterocycles. The molecule has 0 atom stereocenters. The predicted molar refractivity (Wildman–Crippen MR) is 75.8 cm³/mol. The molecule has 1 aliphatic rings. The Morgan fingerprint density at radius 1 is 1.50 bits per heavy atom. The Balaban J connectivity index is 2.31. The number of hydrogen-bond acceptors (Lipinski definition) is 3. The molecule has 0 aliphatic carbocycles. The van der Waals surface area contributed by atoms with Crippen molar-refractivity contribution in [1.82, 2.24) is 4.31 Å². The summed E-state index contributed by atoms with van der Waals surface area (Å²) in [5, 5.41) is 0. The van der Waals surface area contributed by atoms with E-state index in [2.05, 4.69) is 13.8 Å². The van der Waals surface area contributed by atoms with Crippen LogP contribution in [0.1, 0.15) is 30.7 Å². The fraction of sp³-hybridized carbons (Fsp3) is 0.667. The van der Waals surface area contributed by atoms with Crippen molar-refractivity contribution in [3.05, 3.63) is 16.5 Å². The van der Waals surface area contributed by atoms with Crippen LogP contribution in [-0.4, -0.2) is 25.8 Å². The highest BCUT2D eigenvalue weighted by molar-refractivity contribution is 7.91. The average molecular weight is 308 g/mol. The first-order valence-electron chi connectivity index (χ1n) is 5.92. The van der Waals surface area contributed by atoms with Gasteiger partial charge in [0.25, 0.3) is 10.0 Å². The standard InChI is InChI=1S/C12H18ClNO2S2/c1-9-6-11(17-10(9)7-13)18(15,16)14-5-4-12(2,3)8-14/h6H,4-5,7-8H2,1-3H3. The topological polar surface area (TPSA) is 37.4 Å². The van der Waals surface area contributed by atoms with Gasteiger partial charge in [0.2, 0.25) is 0 Å². The second-order valence-electron chi connectivity index (χ2n) is 5.56. The minimum atomic E-state index is -3.33. The lowest BCUT2D eigenvalue weighted by atomic mass is 9.93. The van der Waals surface area contributed by atoms with Gasteiger partial charge in [-0.3, -0.25) is 0 Å². The Labute approximate surface area is 118 Å². The lowest BCUT2D eigenvalue weighted by Gasteiger charge is -2.18. The van der Waals surface area contributed by atoms with Crippen LogP contribution < -0.4 is 0 Å². The van der Waals surface area contributed by atoms with Gasteiger partial charge in [-0.25, -0.2) is 8.42 Å². The van der Waals surface area contributed by atoms with Crippen LogP contribution in [0.3, 0.4) is 0 Å². The third-order valence-electron chi connectivity index (χ3n) is 3.36. The van der Waals surface area contributed by atoms with Crippen molar-refractivity contribution in [3.63, 3.8) is 0 Å². The minimum Gasteiger partial charge on any atom is -0.206 e. The number of nitrogens with zero attached hydrogens (tertiary/aromatic N) is 1. The number of thiophene rings is 1. The molecule has 6 heteroatoms. The monoisotopic (exact) mass is 307 g/mol. The molecule has 0 radical (unpaired) electrons. The largest absolute Gasteiger partial charge is 0.252 e. The molecule has 2 heterocycles. The third-order valence-corrected chi connectivity index (χ3v) is 7.31. The van der Waals surface area contributed by atoms with Crippen molar-refractivity contribution in [2.45, 2.75) is 37.3 Å². The highest BCUT2D eigenvalue weighted by atomic mass is 35.5.